The molecule has 5 aromatic rings. The molecule has 2 saturated heterocycles. The van der Waals surface area contributed by atoms with Crippen LogP contribution in [0, 0.1) is 17.2 Å². The van der Waals surface area contributed by atoms with Crippen LogP contribution in [0.3, 0.4) is 0 Å². The van der Waals surface area contributed by atoms with Crippen molar-refractivity contribution < 1.29 is 85.5 Å². The van der Waals surface area contributed by atoms with Crippen molar-refractivity contribution in [1.82, 2.24) is 45.6 Å². The van der Waals surface area contributed by atoms with Gasteiger partial charge in [-0.2, -0.15) is 5.26 Å². The maximum Gasteiger partial charge on any atom is 0.355 e. The fraction of sp³-hybridized carbons (Fsp3) is 0.485. The number of carbonyl (C=O) groups is 10. The molecule has 5 atom stereocenters. The minimum Gasteiger partial charge on any atom is -0.481 e. The van der Waals surface area contributed by atoms with Crippen molar-refractivity contribution in [2.24, 2.45) is 5.92 Å². The molecule has 30 heteroatoms. The van der Waals surface area contributed by atoms with Crippen LogP contribution in [-0.4, -0.2) is 185 Å². The van der Waals surface area contributed by atoms with E-state index in [-0.39, 0.29) is 126 Å². The van der Waals surface area contributed by atoms with E-state index in [0.29, 0.717) is 29.6 Å². The highest BCUT2D eigenvalue weighted by molar-refractivity contribution is 6.11. The molecule has 0 unspecified atom stereocenters. The summed E-state index contributed by atoms with van der Waals surface area (Å²) in [5.74, 6) is -12.0. The number of aliphatic carboxylic acids is 1. The van der Waals surface area contributed by atoms with Crippen molar-refractivity contribution in [2.75, 3.05) is 71.1 Å². The number of nitriles is 1. The zero-order valence-corrected chi connectivity index (χ0v) is 53.4. The van der Waals surface area contributed by atoms with Crippen molar-refractivity contribution >= 4 is 86.8 Å². The van der Waals surface area contributed by atoms with Gasteiger partial charge in [0.25, 0.3) is 17.4 Å². The molecule has 0 saturated carbocycles. The first-order valence-corrected chi connectivity index (χ1v) is 31.7. The van der Waals surface area contributed by atoms with E-state index in [2.05, 4.69) is 31.6 Å². The molecule has 3 aromatic heterocycles. The van der Waals surface area contributed by atoms with Crippen LogP contribution < -0.4 is 32.1 Å². The number of carbonyl (C=O) groups excluding carboxylic acids is 9. The first kappa shape index (κ1) is 70.5. The number of likely N-dealkylation sites (tertiary alicyclic amines) is 2. The number of hydrogen-bond acceptors (Lipinski definition) is 19. The Morgan fingerprint density at radius 3 is 2.28 bits per heavy atom. The van der Waals surface area contributed by atoms with E-state index >= 15 is 0 Å². The number of aryl methyl sites for hydroxylation is 1. The average Bonchev–Trinajstić information content (AvgIpc) is 1.34. The highest BCUT2D eigenvalue weighted by atomic mass is 19.3. The standard InChI is InChI=1S/C66H75F2N11O17/c1-5-39-40-11-7-8-13-46(40)75-58-43(39)34-78-50(58)29-45-44(61(78)88)35-95-64(91)66(45,6-2)96-63(90)56(37(3)4)76-60(87)49-15-10-22-77(49)62(89)48(30-55(84)85)74-53(82)19-23-92-25-27-94-28-26-93-24-21-70-51(80)16-17-52(81)73-47-14-9-12-41-42(18-20-71-57(41)47)59(86)72-33-54(83)79-36-65(67,68)31-38(79)32-69/h7-9,11-14,18,20,29,37-38,48-49,56H,5-6,10,15-17,19,21-28,30-31,33-36H2,1-4H3,(H,70,80)(H,72,86)(H,73,81)(H,74,82)(H,76,87)(H,84,85)/t38-,48-,49-,56-,66-/m0/s1. The van der Waals surface area contributed by atoms with E-state index in [9.17, 15) is 71.9 Å². The molecule has 7 heterocycles. The fourth-order valence-corrected chi connectivity index (χ4v) is 12.3. The molecule has 0 spiro atoms. The molecule has 96 heavy (non-hydrogen) atoms. The molecule has 0 bridgehead atoms. The molecule has 6 N–H and O–H groups in total. The normalized spacial score (nSPS) is 18.1. The molecule has 0 aliphatic carbocycles. The van der Waals surface area contributed by atoms with Crippen LogP contribution in [0.4, 0.5) is 14.5 Å². The zero-order chi connectivity index (χ0) is 69.0. The van der Waals surface area contributed by atoms with Gasteiger partial charge in [-0.3, -0.25) is 48.1 Å². The number of ether oxygens (including phenoxy) is 5. The molecule has 510 valence electrons. The monoisotopic (exact) mass is 1330 g/mol. The average molecular weight is 1330 g/mol. The number of rotatable bonds is 30. The summed E-state index contributed by atoms with van der Waals surface area (Å²) >= 11 is 0. The fourth-order valence-electron chi connectivity index (χ4n) is 12.3. The summed E-state index contributed by atoms with van der Waals surface area (Å²) in [5.41, 5.74) is 2.00. The smallest absolute Gasteiger partial charge is 0.355 e. The van der Waals surface area contributed by atoms with Crippen LogP contribution >= 0.6 is 0 Å². The number of halogens is 2. The molecule has 2 aromatic carbocycles. The van der Waals surface area contributed by atoms with Crippen LogP contribution in [0.25, 0.3) is 33.2 Å². The number of cyclic esters (lactones) is 1. The number of anilines is 1. The number of aromatic nitrogens is 3. The third-order valence-electron chi connectivity index (χ3n) is 17.2. The third-order valence-corrected chi connectivity index (χ3v) is 17.2. The predicted molar refractivity (Wildman–Crippen MR) is 336 cm³/mol. The van der Waals surface area contributed by atoms with Gasteiger partial charge < -0.3 is 69.7 Å². The van der Waals surface area contributed by atoms with Gasteiger partial charge in [-0.25, -0.2) is 23.4 Å². The Balaban J connectivity index is 0.665. The van der Waals surface area contributed by atoms with Crippen molar-refractivity contribution in [1.29, 1.82) is 5.26 Å². The lowest BCUT2D eigenvalue weighted by molar-refractivity contribution is -0.191. The Morgan fingerprint density at radius 1 is 0.844 bits per heavy atom. The Kier molecular flexibility index (Phi) is 22.9. The van der Waals surface area contributed by atoms with Crippen molar-refractivity contribution in [3.8, 4) is 17.5 Å². The summed E-state index contributed by atoms with van der Waals surface area (Å²) in [5, 5.41) is 33.1. The zero-order valence-electron chi connectivity index (χ0n) is 53.4. The highest BCUT2D eigenvalue weighted by Gasteiger charge is 2.52. The highest BCUT2D eigenvalue weighted by Crippen LogP contribution is 2.43. The molecule has 28 nitrogen and oxygen atoms in total. The number of esters is 2. The Hall–Kier alpha value is -9.86. The van der Waals surface area contributed by atoms with Crippen LogP contribution in [-0.2, 0) is 92.0 Å². The van der Waals surface area contributed by atoms with Crippen molar-refractivity contribution in [3.63, 3.8) is 0 Å². The van der Waals surface area contributed by atoms with Gasteiger partial charge >= 0.3 is 17.9 Å². The second-order valence-electron chi connectivity index (χ2n) is 23.9. The van der Waals surface area contributed by atoms with Gasteiger partial charge in [0.05, 0.1) is 111 Å². The Labute approximate surface area is 549 Å². The molecule has 2 fully saturated rings. The van der Waals surface area contributed by atoms with Gasteiger partial charge in [-0.05, 0) is 61.4 Å². The van der Waals surface area contributed by atoms with E-state index in [0.717, 1.165) is 31.8 Å². The predicted octanol–water partition coefficient (Wildman–Crippen LogP) is 3.30. The maximum absolute atomic E-state index is 14.4. The van der Waals surface area contributed by atoms with E-state index in [4.69, 9.17) is 28.7 Å². The van der Waals surface area contributed by atoms with Gasteiger partial charge in [0, 0.05) is 66.9 Å². The largest absolute Gasteiger partial charge is 0.481 e. The first-order chi connectivity index (χ1) is 46.0. The minimum absolute atomic E-state index is 0.0345. The summed E-state index contributed by atoms with van der Waals surface area (Å²) in [6, 6.07) is 11.6. The number of alkyl halides is 2. The number of carboxylic acid groups (broad SMARTS) is 1. The number of hydrogen-bond donors (Lipinski definition) is 6. The lowest BCUT2D eigenvalue weighted by Crippen LogP contribution is -2.57. The van der Waals surface area contributed by atoms with Crippen molar-refractivity contribution in [3.05, 3.63) is 99.0 Å². The Bertz CT molecular complexity index is 3970. The number of nitrogens with zero attached hydrogens (tertiary/aromatic N) is 6. The van der Waals surface area contributed by atoms with Crippen LogP contribution in [0.15, 0.2) is 65.6 Å². The number of para-hydroxylation sites is 2. The first-order valence-electron chi connectivity index (χ1n) is 31.7. The second kappa shape index (κ2) is 31.1. The maximum atomic E-state index is 14.4. The van der Waals surface area contributed by atoms with Crippen LogP contribution in [0.2, 0.25) is 0 Å². The summed E-state index contributed by atoms with van der Waals surface area (Å²) in [6.07, 6.45) is 0.0875. The summed E-state index contributed by atoms with van der Waals surface area (Å²) in [6.45, 7) is 5.88. The minimum atomic E-state index is -3.22. The molecular formula is C66H75F2N11O17. The number of nitrogens with one attached hydrogen (secondary N) is 5. The van der Waals surface area contributed by atoms with Gasteiger partial charge in [-0.15, -0.1) is 0 Å². The quantitative estimate of drug-likeness (QED) is 0.0278. The summed E-state index contributed by atoms with van der Waals surface area (Å²) in [4.78, 5) is 158. The number of pyridine rings is 3. The topological polar surface area (TPSA) is 375 Å². The SMILES string of the molecule is CCc1c2c(nc3ccccc13)-c1cc3c(c(=O)n1C2)COC(=O)[C@@]3(CC)OC(=O)[C@@H](NC(=O)[C@@H]1CCCN1C(=O)[C@H](CC(=O)O)NC(=O)CCOCCOCCOCCNC(=O)CCC(=O)Nc1cccc2c(C(=O)NCC(=O)N3CC(F)(F)C[C@H]3C#N)ccnc12)C(C)C. The molecular weight excluding hydrogens is 1260 g/mol. The molecule has 7 amide bonds. The lowest BCUT2D eigenvalue weighted by atomic mass is 9.85. The molecule has 4 aliphatic heterocycles. The van der Waals surface area contributed by atoms with Crippen LogP contribution in [0.5, 0.6) is 0 Å². The van der Waals surface area contributed by atoms with E-state index in [1.807, 2.05) is 31.2 Å². The Morgan fingerprint density at radius 2 is 1.56 bits per heavy atom. The van der Waals surface area contributed by atoms with Gasteiger partial charge in [0.2, 0.25) is 41.0 Å². The van der Waals surface area contributed by atoms with E-state index in [1.54, 1.807) is 55.7 Å². The summed E-state index contributed by atoms with van der Waals surface area (Å²) < 4.78 is 57.5. The van der Waals surface area contributed by atoms with Crippen molar-refractivity contribution in [2.45, 2.75) is 134 Å². The number of fused-ring (bicyclic) bond motifs is 6. The van der Waals surface area contributed by atoms with Gasteiger partial charge in [-0.1, -0.05) is 58.0 Å². The number of amides is 7. The third kappa shape index (κ3) is 15.9. The van der Waals surface area contributed by atoms with Gasteiger partial charge in [0.1, 0.15) is 30.8 Å². The molecule has 9 rings (SSSR count). The number of benzene rings is 2. The number of carboxylic acids is 1. The second-order valence-corrected chi connectivity index (χ2v) is 23.9. The molecule has 4 aliphatic rings. The summed E-state index contributed by atoms with van der Waals surface area (Å²) in [7, 11) is 0. The van der Waals surface area contributed by atoms with E-state index in [1.165, 1.54) is 12.3 Å². The van der Waals surface area contributed by atoms with Crippen LogP contribution in [0.1, 0.15) is 112 Å². The molecule has 0 radical (unpaired) electrons. The van der Waals surface area contributed by atoms with E-state index < -0.39 is 132 Å². The lowest BCUT2D eigenvalue weighted by Gasteiger charge is -2.37. The van der Waals surface area contributed by atoms with Gasteiger partial charge in [0.15, 0.2) is 0 Å².